The van der Waals surface area contributed by atoms with Crippen molar-refractivity contribution in [3.8, 4) is 0 Å². The molecule has 0 saturated heterocycles. The molecule has 1 amide bonds. The Morgan fingerprint density at radius 3 is 2.53 bits per heavy atom. The molecule has 4 heteroatoms. The first-order valence-electron chi connectivity index (χ1n) is 5.62. The number of primary amides is 1. The van der Waals surface area contributed by atoms with Crippen LogP contribution < -0.4 is 11.1 Å². The van der Waals surface area contributed by atoms with Crippen LogP contribution in [0.5, 0.6) is 0 Å². The van der Waals surface area contributed by atoms with Crippen molar-refractivity contribution in [2.75, 3.05) is 13.2 Å². The van der Waals surface area contributed by atoms with Gasteiger partial charge in [-0.2, -0.15) is 0 Å². The second-order valence-electron chi connectivity index (χ2n) is 4.07. The molecule has 0 aliphatic carbocycles. The Kier molecular flexibility index (Phi) is 6.52. The van der Waals surface area contributed by atoms with Crippen LogP contribution in [0.25, 0.3) is 0 Å². The second-order valence-corrected chi connectivity index (χ2v) is 4.07. The van der Waals surface area contributed by atoms with Gasteiger partial charge in [0.05, 0.1) is 11.6 Å². The fraction of sp³-hybridized carbons (Fsp3) is 0.909. The molecule has 0 aromatic carbocycles. The summed E-state index contributed by atoms with van der Waals surface area (Å²) in [7, 11) is 0. The fourth-order valence-electron chi connectivity index (χ4n) is 1.27. The van der Waals surface area contributed by atoms with Crippen molar-refractivity contribution in [3.63, 3.8) is 0 Å². The zero-order valence-corrected chi connectivity index (χ0v) is 10.3. The number of carbonyl (C=O) groups is 1. The van der Waals surface area contributed by atoms with Gasteiger partial charge in [0.25, 0.3) is 0 Å². The molecule has 2 unspecified atom stereocenters. The van der Waals surface area contributed by atoms with Crippen LogP contribution in [0.15, 0.2) is 0 Å². The van der Waals surface area contributed by atoms with Crippen LogP contribution in [-0.2, 0) is 9.53 Å². The first-order valence-corrected chi connectivity index (χ1v) is 5.62. The number of likely N-dealkylation sites (N-methyl/N-ethyl adjacent to an activating group) is 1. The molecule has 0 rings (SSSR count). The second kappa shape index (κ2) is 6.80. The average Bonchev–Trinajstić information content (AvgIpc) is 2.17. The maximum atomic E-state index is 11.3. The number of hydrogen-bond acceptors (Lipinski definition) is 3. The van der Waals surface area contributed by atoms with Crippen molar-refractivity contribution < 1.29 is 9.53 Å². The van der Waals surface area contributed by atoms with Crippen molar-refractivity contribution in [2.24, 2.45) is 5.73 Å². The largest absolute Gasteiger partial charge is 0.378 e. The molecule has 4 nitrogen and oxygen atoms in total. The summed E-state index contributed by atoms with van der Waals surface area (Å²) in [4.78, 5) is 11.3. The molecule has 3 N–H and O–H groups in total. The van der Waals surface area contributed by atoms with E-state index in [1.54, 1.807) is 0 Å². The molecule has 2 atom stereocenters. The third-order valence-corrected chi connectivity index (χ3v) is 2.69. The van der Waals surface area contributed by atoms with Gasteiger partial charge in [-0.25, -0.2) is 0 Å². The average molecular weight is 216 g/mol. The monoisotopic (exact) mass is 216 g/mol. The fourth-order valence-corrected chi connectivity index (χ4v) is 1.27. The van der Waals surface area contributed by atoms with E-state index >= 15 is 0 Å². The predicted molar refractivity (Wildman–Crippen MR) is 61.6 cm³/mol. The van der Waals surface area contributed by atoms with Crippen molar-refractivity contribution in [2.45, 2.75) is 52.2 Å². The minimum Gasteiger partial charge on any atom is -0.378 e. The normalized spacial score (nSPS) is 17.1. The van der Waals surface area contributed by atoms with Gasteiger partial charge in [-0.1, -0.05) is 13.8 Å². The number of nitrogens with one attached hydrogen (secondary N) is 1. The van der Waals surface area contributed by atoms with E-state index in [0.717, 1.165) is 13.0 Å². The lowest BCUT2D eigenvalue weighted by Gasteiger charge is -2.27. The van der Waals surface area contributed by atoms with Gasteiger partial charge in [-0.3, -0.25) is 4.79 Å². The molecule has 0 saturated carbocycles. The highest BCUT2D eigenvalue weighted by Gasteiger charge is 2.29. The van der Waals surface area contributed by atoms with E-state index in [1.807, 2.05) is 20.8 Å². The third-order valence-electron chi connectivity index (χ3n) is 2.69. The first kappa shape index (κ1) is 14.4. The number of nitrogens with two attached hydrogens (primary N) is 1. The van der Waals surface area contributed by atoms with E-state index < -0.39 is 5.54 Å². The van der Waals surface area contributed by atoms with Gasteiger partial charge in [-0.05, 0) is 33.2 Å². The molecule has 0 aromatic rings. The van der Waals surface area contributed by atoms with E-state index in [9.17, 15) is 4.79 Å². The summed E-state index contributed by atoms with van der Waals surface area (Å²) in [6, 6.07) is 0. The Morgan fingerprint density at radius 1 is 1.53 bits per heavy atom. The zero-order chi connectivity index (χ0) is 11.9. The van der Waals surface area contributed by atoms with Crippen molar-refractivity contribution >= 4 is 5.91 Å². The molecule has 0 bridgehead atoms. The number of ether oxygens (including phenoxy) is 1. The van der Waals surface area contributed by atoms with Crippen molar-refractivity contribution in [1.82, 2.24) is 5.32 Å². The van der Waals surface area contributed by atoms with Crippen molar-refractivity contribution in [3.05, 3.63) is 0 Å². The summed E-state index contributed by atoms with van der Waals surface area (Å²) >= 11 is 0. The highest BCUT2D eigenvalue weighted by atomic mass is 16.5. The van der Waals surface area contributed by atoms with E-state index in [-0.39, 0.29) is 12.0 Å². The lowest BCUT2D eigenvalue weighted by molar-refractivity contribution is -0.124. The third kappa shape index (κ3) is 5.14. The Hall–Kier alpha value is -0.610. The Morgan fingerprint density at radius 2 is 2.13 bits per heavy atom. The Balaban J connectivity index is 4.02. The van der Waals surface area contributed by atoms with Crippen LogP contribution in [0.4, 0.5) is 0 Å². The van der Waals surface area contributed by atoms with Crippen molar-refractivity contribution in [1.29, 1.82) is 0 Å². The molecule has 0 spiro atoms. The minimum atomic E-state index is -0.651. The van der Waals surface area contributed by atoms with Gasteiger partial charge in [0.15, 0.2) is 0 Å². The van der Waals surface area contributed by atoms with Gasteiger partial charge >= 0.3 is 0 Å². The summed E-state index contributed by atoms with van der Waals surface area (Å²) < 4.78 is 5.54. The van der Waals surface area contributed by atoms with Crippen LogP contribution in [-0.4, -0.2) is 30.7 Å². The number of amides is 1. The van der Waals surface area contributed by atoms with Crippen LogP contribution in [0.2, 0.25) is 0 Å². The lowest BCUT2D eigenvalue weighted by Crippen LogP contribution is -2.53. The SMILES string of the molecule is CCNC(C)(CCOC(C)CC)C(N)=O. The molecule has 0 aliphatic heterocycles. The van der Waals surface area contributed by atoms with Crippen LogP contribution in [0, 0.1) is 0 Å². The smallest absolute Gasteiger partial charge is 0.237 e. The van der Waals surface area contributed by atoms with Crippen LogP contribution >= 0.6 is 0 Å². The molecule has 0 aromatic heterocycles. The van der Waals surface area contributed by atoms with Gasteiger partial charge in [0.1, 0.15) is 0 Å². The van der Waals surface area contributed by atoms with Gasteiger partial charge in [-0.15, -0.1) is 0 Å². The van der Waals surface area contributed by atoms with Crippen LogP contribution in [0.3, 0.4) is 0 Å². The van der Waals surface area contributed by atoms with E-state index in [4.69, 9.17) is 10.5 Å². The summed E-state index contributed by atoms with van der Waals surface area (Å²) in [5.41, 5.74) is 4.70. The van der Waals surface area contributed by atoms with Gasteiger partial charge in [0, 0.05) is 6.61 Å². The molecular weight excluding hydrogens is 192 g/mol. The topological polar surface area (TPSA) is 64.3 Å². The summed E-state index contributed by atoms with van der Waals surface area (Å²) in [6.45, 7) is 9.15. The summed E-state index contributed by atoms with van der Waals surface area (Å²) in [5.74, 6) is -0.322. The highest BCUT2D eigenvalue weighted by Crippen LogP contribution is 2.10. The first-order chi connectivity index (χ1) is 6.96. The molecule has 15 heavy (non-hydrogen) atoms. The molecular formula is C11H24N2O2. The molecule has 90 valence electrons. The summed E-state index contributed by atoms with van der Waals surface area (Å²) in [5, 5.41) is 3.10. The highest BCUT2D eigenvalue weighted by molar-refractivity contribution is 5.84. The Bertz CT molecular complexity index is 197. The number of rotatable bonds is 8. The lowest BCUT2D eigenvalue weighted by atomic mass is 9.97. The zero-order valence-electron chi connectivity index (χ0n) is 10.3. The number of carbonyl (C=O) groups excluding carboxylic acids is 1. The van der Waals surface area contributed by atoms with Gasteiger partial charge in [0.2, 0.25) is 5.91 Å². The number of hydrogen-bond donors (Lipinski definition) is 2. The maximum Gasteiger partial charge on any atom is 0.237 e. The Labute approximate surface area is 92.6 Å². The molecule has 0 radical (unpaired) electrons. The molecule has 0 fully saturated rings. The standard InChI is InChI=1S/C11H24N2O2/c1-5-9(3)15-8-7-11(4,10(12)14)13-6-2/h9,13H,5-8H2,1-4H3,(H2,12,14). The van der Waals surface area contributed by atoms with Crippen LogP contribution in [0.1, 0.15) is 40.5 Å². The molecule has 0 aliphatic rings. The summed E-state index contributed by atoms with van der Waals surface area (Å²) in [6.07, 6.45) is 1.83. The molecule has 0 heterocycles. The van der Waals surface area contributed by atoms with Gasteiger partial charge < -0.3 is 15.8 Å². The van der Waals surface area contributed by atoms with E-state index in [0.29, 0.717) is 13.0 Å². The predicted octanol–water partition coefficient (Wildman–Crippen LogP) is 1.05. The van der Waals surface area contributed by atoms with E-state index in [2.05, 4.69) is 12.2 Å². The van der Waals surface area contributed by atoms with E-state index in [1.165, 1.54) is 0 Å². The minimum absolute atomic E-state index is 0.240. The quantitative estimate of drug-likeness (QED) is 0.637. The maximum absolute atomic E-state index is 11.3.